The molecular formula is C17H22F2N2OS. The van der Waals surface area contributed by atoms with Crippen LogP contribution in [0.25, 0.3) is 0 Å². The van der Waals surface area contributed by atoms with E-state index in [9.17, 15) is 13.6 Å². The molecule has 0 saturated heterocycles. The minimum Gasteiger partial charge on any atom is -0.327 e. The van der Waals surface area contributed by atoms with Gasteiger partial charge in [0.25, 0.3) is 5.76 Å². The van der Waals surface area contributed by atoms with E-state index >= 15 is 0 Å². The summed E-state index contributed by atoms with van der Waals surface area (Å²) in [6, 6.07) is 6.82. The molecule has 1 aromatic carbocycles. The summed E-state index contributed by atoms with van der Waals surface area (Å²) in [7, 11) is 0. The van der Waals surface area contributed by atoms with E-state index in [0.717, 1.165) is 25.7 Å². The van der Waals surface area contributed by atoms with E-state index in [1.807, 2.05) is 0 Å². The second-order valence-corrected chi connectivity index (χ2v) is 7.65. The number of nitrogens with two attached hydrogens (primary N) is 1. The number of carbonyl (C=O) groups is 1. The molecule has 2 aliphatic rings. The highest BCUT2D eigenvalue weighted by Crippen LogP contribution is 2.42. The maximum Gasteiger partial charge on any atom is 0.288 e. The van der Waals surface area contributed by atoms with Crippen LogP contribution in [0, 0.1) is 17.8 Å². The fourth-order valence-corrected chi connectivity index (χ4v) is 4.47. The number of rotatable bonds is 4. The van der Waals surface area contributed by atoms with Crippen LogP contribution >= 0.6 is 11.8 Å². The molecule has 2 unspecified atom stereocenters. The van der Waals surface area contributed by atoms with Gasteiger partial charge in [0, 0.05) is 22.5 Å². The van der Waals surface area contributed by atoms with Gasteiger partial charge in [0.15, 0.2) is 0 Å². The zero-order valence-electron chi connectivity index (χ0n) is 12.9. The Morgan fingerprint density at radius 1 is 1.17 bits per heavy atom. The number of amides is 1. The average molecular weight is 340 g/mol. The van der Waals surface area contributed by atoms with Gasteiger partial charge >= 0.3 is 0 Å². The van der Waals surface area contributed by atoms with E-state index in [0.29, 0.717) is 34.2 Å². The van der Waals surface area contributed by atoms with Crippen molar-refractivity contribution >= 4 is 23.4 Å². The van der Waals surface area contributed by atoms with Crippen LogP contribution in [0.1, 0.15) is 32.1 Å². The van der Waals surface area contributed by atoms with E-state index in [1.54, 1.807) is 24.3 Å². The minimum atomic E-state index is -2.43. The van der Waals surface area contributed by atoms with Crippen molar-refractivity contribution in [2.75, 3.05) is 5.32 Å². The second-order valence-electron chi connectivity index (χ2n) is 6.59. The average Bonchev–Trinajstić information content (AvgIpc) is 2.48. The third kappa shape index (κ3) is 4.04. The highest BCUT2D eigenvalue weighted by Gasteiger charge is 2.40. The standard InChI is InChI=1S/C17H22F2N2OS/c18-17(19)23-14-6-4-13(5-7-14)21-16(22)12-8-10-2-1-3-11(9-12)15(10)20/h4-7,10-12,15,17H,1-3,8-9,20H2,(H,21,22). The number of alkyl halides is 2. The first kappa shape index (κ1) is 16.7. The van der Waals surface area contributed by atoms with Crippen LogP contribution in [0.5, 0.6) is 0 Å². The summed E-state index contributed by atoms with van der Waals surface area (Å²) in [5.41, 5.74) is 6.92. The summed E-state index contributed by atoms with van der Waals surface area (Å²) in [5, 5.41) is 2.92. The van der Waals surface area contributed by atoms with Crippen LogP contribution in [0.15, 0.2) is 29.2 Å². The summed E-state index contributed by atoms with van der Waals surface area (Å²) >= 11 is 0.506. The molecule has 0 aromatic heterocycles. The largest absolute Gasteiger partial charge is 0.327 e. The molecule has 2 aliphatic carbocycles. The van der Waals surface area contributed by atoms with E-state index in [4.69, 9.17) is 5.73 Å². The van der Waals surface area contributed by atoms with Gasteiger partial charge in [0.05, 0.1) is 0 Å². The van der Waals surface area contributed by atoms with Gasteiger partial charge in [0.2, 0.25) is 5.91 Å². The number of anilines is 1. The predicted octanol–water partition coefficient (Wildman–Crippen LogP) is 4.09. The van der Waals surface area contributed by atoms with Crippen molar-refractivity contribution in [3.63, 3.8) is 0 Å². The first-order chi connectivity index (χ1) is 11.0. The van der Waals surface area contributed by atoms with Gasteiger partial charge in [-0.1, -0.05) is 18.2 Å². The molecule has 3 nitrogen and oxygen atoms in total. The second kappa shape index (κ2) is 7.18. The smallest absolute Gasteiger partial charge is 0.288 e. The van der Waals surface area contributed by atoms with E-state index in [2.05, 4.69) is 5.32 Å². The molecule has 0 spiro atoms. The lowest BCUT2D eigenvalue weighted by molar-refractivity contribution is -0.122. The number of thioether (sulfide) groups is 1. The summed E-state index contributed by atoms with van der Waals surface area (Å²) in [4.78, 5) is 13.0. The summed E-state index contributed by atoms with van der Waals surface area (Å²) < 4.78 is 24.6. The first-order valence-electron chi connectivity index (χ1n) is 8.14. The molecule has 2 atom stereocenters. The third-order valence-electron chi connectivity index (χ3n) is 5.13. The van der Waals surface area contributed by atoms with Crippen molar-refractivity contribution in [2.45, 2.75) is 48.8 Å². The Balaban J connectivity index is 1.59. The number of benzene rings is 1. The first-order valence-corrected chi connectivity index (χ1v) is 9.02. The van der Waals surface area contributed by atoms with Crippen molar-refractivity contribution in [2.24, 2.45) is 23.5 Å². The highest BCUT2D eigenvalue weighted by atomic mass is 32.2. The van der Waals surface area contributed by atoms with Crippen LogP contribution < -0.4 is 11.1 Å². The number of hydrogen-bond acceptors (Lipinski definition) is 3. The SMILES string of the molecule is NC1C2CCCC1CC(C(=O)Nc1ccc(SC(F)F)cc1)C2. The molecule has 0 radical (unpaired) electrons. The van der Waals surface area contributed by atoms with Gasteiger partial charge in [-0.3, -0.25) is 4.79 Å². The molecule has 0 aliphatic heterocycles. The highest BCUT2D eigenvalue weighted by molar-refractivity contribution is 7.99. The number of hydrogen-bond donors (Lipinski definition) is 2. The predicted molar refractivity (Wildman–Crippen MR) is 88.5 cm³/mol. The number of nitrogens with one attached hydrogen (secondary N) is 1. The van der Waals surface area contributed by atoms with Crippen molar-refractivity contribution in [3.8, 4) is 0 Å². The molecule has 1 amide bonds. The molecule has 2 fully saturated rings. The lowest BCUT2D eigenvalue weighted by Crippen LogP contribution is -2.48. The maximum atomic E-state index is 12.5. The molecular weight excluding hydrogens is 318 g/mol. The Hall–Kier alpha value is -1.14. The number of halogens is 2. The fraction of sp³-hybridized carbons (Fsp3) is 0.588. The molecule has 1 aromatic rings. The topological polar surface area (TPSA) is 55.1 Å². The summed E-state index contributed by atoms with van der Waals surface area (Å²) in [6.07, 6.45) is 5.20. The number of carbonyl (C=O) groups excluding carboxylic acids is 1. The van der Waals surface area contributed by atoms with Crippen LogP contribution in [0.3, 0.4) is 0 Å². The zero-order chi connectivity index (χ0) is 16.4. The van der Waals surface area contributed by atoms with Crippen LogP contribution in [-0.4, -0.2) is 17.7 Å². The number of fused-ring (bicyclic) bond motifs is 2. The normalized spacial score (nSPS) is 30.3. The monoisotopic (exact) mass is 340 g/mol. The Bertz CT molecular complexity index is 538. The molecule has 126 valence electrons. The van der Waals surface area contributed by atoms with Crippen LogP contribution in [0.4, 0.5) is 14.5 Å². The molecule has 0 heterocycles. The third-order valence-corrected chi connectivity index (χ3v) is 5.85. The fourth-order valence-electron chi connectivity index (χ4n) is 3.97. The summed E-state index contributed by atoms with van der Waals surface area (Å²) in [6.45, 7) is 0. The Morgan fingerprint density at radius 3 is 2.35 bits per heavy atom. The van der Waals surface area contributed by atoms with E-state index < -0.39 is 5.76 Å². The van der Waals surface area contributed by atoms with Gasteiger partial charge in [-0.05, 0) is 61.8 Å². The molecule has 2 bridgehead atoms. The minimum absolute atomic E-state index is 0.0141. The molecule has 3 rings (SSSR count). The van der Waals surface area contributed by atoms with Gasteiger partial charge in [0.1, 0.15) is 0 Å². The van der Waals surface area contributed by atoms with Crippen LogP contribution in [-0.2, 0) is 4.79 Å². The molecule has 23 heavy (non-hydrogen) atoms. The Labute approximate surface area is 139 Å². The van der Waals surface area contributed by atoms with Crippen molar-refractivity contribution in [1.29, 1.82) is 0 Å². The molecule has 3 N–H and O–H groups in total. The van der Waals surface area contributed by atoms with E-state index in [1.165, 1.54) is 6.42 Å². The quantitative estimate of drug-likeness (QED) is 0.812. The maximum absolute atomic E-state index is 12.5. The van der Waals surface area contributed by atoms with Gasteiger partial charge in [-0.15, -0.1) is 0 Å². The van der Waals surface area contributed by atoms with Gasteiger partial charge < -0.3 is 11.1 Å². The van der Waals surface area contributed by atoms with Crippen LogP contribution in [0.2, 0.25) is 0 Å². The van der Waals surface area contributed by atoms with Crippen molar-refractivity contribution in [3.05, 3.63) is 24.3 Å². The van der Waals surface area contributed by atoms with Gasteiger partial charge in [-0.2, -0.15) is 8.78 Å². The lowest BCUT2D eigenvalue weighted by Gasteiger charge is -2.43. The summed E-state index contributed by atoms with van der Waals surface area (Å²) in [5.74, 6) is -1.46. The zero-order valence-corrected chi connectivity index (χ0v) is 13.7. The Kier molecular flexibility index (Phi) is 5.21. The van der Waals surface area contributed by atoms with Crippen molar-refractivity contribution < 1.29 is 13.6 Å². The lowest BCUT2D eigenvalue weighted by atomic mass is 9.65. The van der Waals surface area contributed by atoms with Gasteiger partial charge in [-0.25, -0.2) is 0 Å². The van der Waals surface area contributed by atoms with E-state index in [-0.39, 0.29) is 17.9 Å². The molecule has 6 heteroatoms. The van der Waals surface area contributed by atoms with Crippen molar-refractivity contribution in [1.82, 2.24) is 0 Å². The Morgan fingerprint density at radius 2 is 1.78 bits per heavy atom. The molecule has 2 saturated carbocycles.